The second kappa shape index (κ2) is 5.39. The van der Waals surface area contributed by atoms with Gasteiger partial charge in [-0.1, -0.05) is 19.0 Å². The van der Waals surface area contributed by atoms with Crippen LogP contribution in [0.5, 0.6) is 0 Å². The Bertz CT molecular complexity index is 270. The van der Waals surface area contributed by atoms with Crippen LogP contribution in [0.15, 0.2) is 16.8 Å². The molecular formula is C9H15N3O2. The molecule has 0 atom stereocenters. The van der Waals surface area contributed by atoms with Crippen molar-refractivity contribution in [3.63, 3.8) is 0 Å². The third-order valence-corrected chi connectivity index (χ3v) is 1.62. The smallest absolute Gasteiger partial charge is 0.234 e. The molecular weight excluding hydrogens is 182 g/mol. The number of carbonyl (C=O) groups excluding carboxylic acids is 1. The van der Waals surface area contributed by atoms with Gasteiger partial charge in [-0.15, -0.1) is 0 Å². The molecule has 0 aliphatic carbocycles. The zero-order valence-corrected chi connectivity index (χ0v) is 8.41. The van der Waals surface area contributed by atoms with E-state index in [9.17, 15) is 4.79 Å². The van der Waals surface area contributed by atoms with E-state index in [0.29, 0.717) is 24.9 Å². The third-order valence-electron chi connectivity index (χ3n) is 1.62. The van der Waals surface area contributed by atoms with Crippen molar-refractivity contribution in [2.24, 2.45) is 0 Å². The zero-order valence-electron chi connectivity index (χ0n) is 8.41. The van der Waals surface area contributed by atoms with Gasteiger partial charge in [0.2, 0.25) is 5.91 Å². The largest absolute Gasteiger partial charge is 0.360 e. The van der Waals surface area contributed by atoms with Crippen molar-refractivity contribution in [1.29, 1.82) is 0 Å². The quantitative estimate of drug-likeness (QED) is 0.712. The van der Waals surface area contributed by atoms with Crippen LogP contribution in [0.2, 0.25) is 0 Å². The molecule has 0 unspecified atom stereocenters. The second-order valence-corrected chi connectivity index (χ2v) is 3.29. The number of rotatable bonds is 5. The number of carbonyl (C=O) groups is 1. The highest BCUT2D eigenvalue weighted by Crippen LogP contribution is 1.94. The van der Waals surface area contributed by atoms with E-state index in [1.165, 1.54) is 0 Å². The molecule has 1 aromatic rings. The van der Waals surface area contributed by atoms with Crippen LogP contribution in [0, 0.1) is 0 Å². The van der Waals surface area contributed by atoms with E-state index in [-0.39, 0.29) is 5.91 Å². The number of hydrogen-bond acceptors (Lipinski definition) is 4. The Morgan fingerprint density at radius 2 is 2.43 bits per heavy atom. The standard InChI is InChI=1S/C9H15N3O2/c1-7(2)10-6-9(13)11-5-8-3-4-12-14-8/h3-4,7,10H,5-6H2,1-2H3,(H,11,13). The minimum atomic E-state index is -0.0462. The molecule has 0 fully saturated rings. The van der Waals surface area contributed by atoms with E-state index in [2.05, 4.69) is 15.8 Å². The van der Waals surface area contributed by atoms with Gasteiger partial charge in [-0.05, 0) is 0 Å². The van der Waals surface area contributed by atoms with Gasteiger partial charge >= 0.3 is 0 Å². The Kier molecular flexibility index (Phi) is 4.12. The summed E-state index contributed by atoms with van der Waals surface area (Å²) in [6, 6.07) is 2.03. The monoisotopic (exact) mass is 197 g/mol. The van der Waals surface area contributed by atoms with Crippen LogP contribution in [-0.4, -0.2) is 23.7 Å². The molecule has 1 heterocycles. The Balaban J connectivity index is 2.15. The summed E-state index contributed by atoms with van der Waals surface area (Å²) in [5.74, 6) is 0.609. The summed E-state index contributed by atoms with van der Waals surface area (Å²) in [6.45, 7) is 4.69. The van der Waals surface area contributed by atoms with Crippen molar-refractivity contribution < 1.29 is 9.32 Å². The third kappa shape index (κ3) is 4.04. The van der Waals surface area contributed by atoms with E-state index >= 15 is 0 Å². The van der Waals surface area contributed by atoms with Crippen molar-refractivity contribution in [2.45, 2.75) is 26.4 Å². The zero-order chi connectivity index (χ0) is 10.4. The molecule has 5 nitrogen and oxygen atoms in total. The molecule has 0 radical (unpaired) electrons. The molecule has 14 heavy (non-hydrogen) atoms. The minimum Gasteiger partial charge on any atom is -0.360 e. The molecule has 5 heteroatoms. The average molecular weight is 197 g/mol. The SMILES string of the molecule is CC(C)NCC(=O)NCc1ccno1. The highest BCUT2D eigenvalue weighted by Gasteiger charge is 2.03. The first-order chi connectivity index (χ1) is 6.68. The summed E-state index contributed by atoms with van der Waals surface area (Å²) in [6.07, 6.45) is 1.55. The lowest BCUT2D eigenvalue weighted by atomic mass is 10.4. The van der Waals surface area contributed by atoms with E-state index in [1.807, 2.05) is 13.8 Å². The molecule has 0 bridgehead atoms. The Labute approximate surface area is 82.8 Å². The first-order valence-corrected chi connectivity index (χ1v) is 4.58. The van der Waals surface area contributed by atoms with Gasteiger partial charge < -0.3 is 15.2 Å². The van der Waals surface area contributed by atoms with Crippen LogP contribution in [0.4, 0.5) is 0 Å². The van der Waals surface area contributed by atoms with Crippen LogP contribution < -0.4 is 10.6 Å². The molecule has 0 saturated carbocycles. The Morgan fingerprint density at radius 3 is 3.00 bits per heavy atom. The predicted molar refractivity (Wildman–Crippen MR) is 51.5 cm³/mol. The molecule has 0 aromatic carbocycles. The van der Waals surface area contributed by atoms with Crippen LogP contribution >= 0.6 is 0 Å². The van der Waals surface area contributed by atoms with Crippen LogP contribution in [0.1, 0.15) is 19.6 Å². The van der Waals surface area contributed by atoms with Gasteiger partial charge in [0.05, 0.1) is 19.3 Å². The lowest BCUT2D eigenvalue weighted by Gasteiger charge is -2.07. The topological polar surface area (TPSA) is 67.2 Å². The second-order valence-electron chi connectivity index (χ2n) is 3.29. The number of nitrogens with zero attached hydrogens (tertiary/aromatic N) is 1. The van der Waals surface area contributed by atoms with Crippen molar-refractivity contribution in [3.8, 4) is 0 Å². The number of amides is 1. The highest BCUT2D eigenvalue weighted by molar-refractivity contribution is 5.77. The van der Waals surface area contributed by atoms with Gasteiger partial charge in [-0.25, -0.2) is 0 Å². The first kappa shape index (κ1) is 10.7. The van der Waals surface area contributed by atoms with Crippen molar-refractivity contribution >= 4 is 5.91 Å². The molecule has 1 amide bonds. The number of aromatic nitrogens is 1. The van der Waals surface area contributed by atoms with Crippen LogP contribution in [0.3, 0.4) is 0 Å². The first-order valence-electron chi connectivity index (χ1n) is 4.58. The minimum absolute atomic E-state index is 0.0462. The molecule has 0 aliphatic heterocycles. The van der Waals surface area contributed by atoms with Crippen LogP contribution in [-0.2, 0) is 11.3 Å². The summed E-state index contributed by atoms with van der Waals surface area (Å²) in [5.41, 5.74) is 0. The Morgan fingerprint density at radius 1 is 1.64 bits per heavy atom. The molecule has 78 valence electrons. The number of nitrogens with one attached hydrogen (secondary N) is 2. The summed E-state index contributed by atoms with van der Waals surface area (Å²) in [5, 5.41) is 9.25. The van der Waals surface area contributed by atoms with Gasteiger partial charge in [-0.2, -0.15) is 0 Å². The fourth-order valence-electron chi connectivity index (χ4n) is 0.878. The molecule has 1 rings (SSSR count). The van der Waals surface area contributed by atoms with Crippen LogP contribution in [0.25, 0.3) is 0 Å². The maximum Gasteiger partial charge on any atom is 0.234 e. The summed E-state index contributed by atoms with van der Waals surface area (Å²) in [4.78, 5) is 11.2. The molecule has 0 aliphatic rings. The van der Waals surface area contributed by atoms with Crippen molar-refractivity contribution in [1.82, 2.24) is 15.8 Å². The summed E-state index contributed by atoms with van der Waals surface area (Å²) in [7, 11) is 0. The van der Waals surface area contributed by atoms with Crippen molar-refractivity contribution in [2.75, 3.05) is 6.54 Å². The molecule has 1 aromatic heterocycles. The maximum absolute atomic E-state index is 11.2. The summed E-state index contributed by atoms with van der Waals surface area (Å²) >= 11 is 0. The lowest BCUT2D eigenvalue weighted by molar-refractivity contribution is -0.120. The van der Waals surface area contributed by atoms with E-state index in [4.69, 9.17) is 4.52 Å². The van der Waals surface area contributed by atoms with Gasteiger partial charge in [0, 0.05) is 12.1 Å². The molecule has 0 saturated heterocycles. The molecule has 0 spiro atoms. The van der Waals surface area contributed by atoms with Crippen molar-refractivity contribution in [3.05, 3.63) is 18.0 Å². The van der Waals surface area contributed by atoms with E-state index < -0.39 is 0 Å². The number of hydrogen-bond donors (Lipinski definition) is 2. The fraction of sp³-hybridized carbons (Fsp3) is 0.556. The van der Waals surface area contributed by atoms with E-state index in [1.54, 1.807) is 12.3 Å². The maximum atomic E-state index is 11.2. The normalized spacial score (nSPS) is 10.5. The van der Waals surface area contributed by atoms with Gasteiger partial charge in [0.15, 0.2) is 5.76 Å². The van der Waals surface area contributed by atoms with Gasteiger partial charge in [0.1, 0.15) is 0 Å². The van der Waals surface area contributed by atoms with Gasteiger partial charge in [0.25, 0.3) is 0 Å². The highest BCUT2D eigenvalue weighted by atomic mass is 16.5. The molecule has 2 N–H and O–H groups in total. The summed E-state index contributed by atoms with van der Waals surface area (Å²) < 4.78 is 4.82. The predicted octanol–water partition coefficient (Wildman–Crippen LogP) is 0.289. The lowest BCUT2D eigenvalue weighted by Crippen LogP contribution is -2.36. The Hall–Kier alpha value is -1.36. The average Bonchev–Trinajstić information content (AvgIpc) is 2.63. The fourth-order valence-corrected chi connectivity index (χ4v) is 0.878. The van der Waals surface area contributed by atoms with Gasteiger partial charge in [-0.3, -0.25) is 4.79 Å². The van der Waals surface area contributed by atoms with E-state index in [0.717, 1.165) is 0 Å².